The lowest BCUT2D eigenvalue weighted by Crippen LogP contribution is -1.93. The third-order valence-corrected chi connectivity index (χ3v) is 11.8. The Labute approximate surface area is 339 Å². The van der Waals surface area contributed by atoms with Crippen molar-refractivity contribution in [2.24, 2.45) is 0 Å². The lowest BCUT2D eigenvalue weighted by Gasteiger charge is -2.14. The molecule has 3 heteroatoms. The minimum atomic E-state index is 1.05. The number of aromatic nitrogens is 2. The minimum Gasteiger partial charge on any atom is -0.309 e. The van der Waals surface area contributed by atoms with Crippen LogP contribution in [0.3, 0.4) is 0 Å². The number of benzene rings is 9. The summed E-state index contributed by atoms with van der Waals surface area (Å²) >= 11 is 3.87. The van der Waals surface area contributed by atoms with Crippen LogP contribution in [0.5, 0.6) is 0 Å². The first-order chi connectivity index (χ1) is 28.2. The molecule has 0 bridgehead atoms. The molecule has 0 saturated heterocycles. The largest absolute Gasteiger partial charge is 0.309 e. The van der Waals surface area contributed by atoms with Crippen LogP contribution in [-0.2, 0) is 0 Å². The Morgan fingerprint density at radius 3 is 1.07 bits per heavy atom. The molecule has 11 rings (SSSR count). The SMILES string of the molecule is Brc1cc(-c2ccccc2)cc(-c2cc(-c3ccc4c(c3)c3ccccc3n4-c3ccccc3)cc(-c3ccc4c(c3)c3ccccc3n4-c3ccccc3)c2)c1. The first kappa shape index (κ1) is 33.4. The van der Waals surface area contributed by atoms with Crippen molar-refractivity contribution in [1.29, 1.82) is 0 Å². The van der Waals surface area contributed by atoms with E-state index in [4.69, 9.17) is 0 Å². The molecule has 268 valence electrons. The highest BCUT2D eigenvalue weighted by Crippen LogP contribution is 2.41. The van der Waals surface area contributed by atoms with Crippen LogP contribution in [0.2, 0.25) is 0 Å². The van der Waals surface area contributed by atoms with Gasteiger partial charge in [0.15, 0.2) is 0 Å². The second-order valence-electron chi connectivity index (χ2n) is 14.7. The molecule has 0 aliphatic carbocycles. The van der Waals surface area contributed by atoms with E-state index in [0.717, 1.165) is 21.4 Å². The number of hydrogen-bond donors (Lipinski definition) is 0. The van der Waals surface area contributed by atoms with E-state index in [9.17, 15) is 0 Å². The summed E-state index contributed by atoms with van der Waals surface area (Å²) in [6.45, 7) is 0. The van der Waals surface area contributed by atoms with Gasteiger partial charge in [-0.1, -0.05) is 131 Å². The average Bonchev–Trinajstić information content (AvgIpc) is 3.79. The molecule has 57 heavy (non-hydrogen) atoms. The van der Waals surface area contributed by atoms with Gasteiger partial charge in [-0.05, 0) is 142 Å². The fourth-order valence-corrected chi connectivity index (χ4v) is 9.19. The normalized spacial score (nSPS) is 11.6. The van der Waals surface area contributed by atoms with Crippen LogP contribution in [0, 0.1) is 0 Å². The van der Waals surface area contributed by atoms with Gasteiger partial charge < -0.3 is 9.13 Å². The maximum atomic E-state index is 3.87. The fraction of sp³-hybridized carbons (Fsp3) is 0. The molecule has 0 N–H and O–H groups in total. The number of hydrogen-bond acceptors (Lipinski definition) is 0. The van der Waals surface area contributed by atoms with E-state index in [1.807, 2.05) is 0 Å². The standard InChI is InChI=1S/C54H35BrN2/c55-44-32-42(36-14-4-1-5-15-36)31-43(33-44)41-29-39(37-24-26-53-49(34-37)47-20-10-12-22-51(47)56(53)45-16-6-2-7-17-45)28-40(30-41)38-25-27-54-50(35-38)48-21-11-13-23-52(48)57(54)46-18-8-3-9-19-46/h1-35H. The summed E-state index contributed by atoms with van der Waals surface area (Å²) in [5.41, 5.74) is 16.5. The Morgan fingerprint density at radius 2 is 0.596 bits per heavy atom. The third-order valence-electron chi connectivity index (χ3n) is 11.3. The quantitative estimate of drug-likeness (QED) is 0.159. The van der Waals surface area contributed by atoms with E-state index >= 15 is 0 Å². The summed E-state index contributed by atoms with van der Waals surface area (Å²) in [4.78, 5) is 0. The molecule has 2 heterocycles. The van der Waals surface area contributed by atoms with Gasteiger partial charge in [0.25, 0.3) is 0 Å². The van der Waals surface area contributed by atoms with Gasteiger partial charge in [0.2, 0.25) is 0 Å². The molecule has 2 nitrogen and oxygen atoms in total. The summed E-state index contributed by atoms with van der Waals surface area (Å²) in [5, 5.41) is 4.97. The second kappa shape index (κ2) is 13.7. The molecule has 0 aliphatic rings. The minimum absolute atomic E-state index is 1.05. The smallest absolute Gasteiger partial charge is 0.0541 e. The summed E-state index contributed by atoms with van der Waals surface area (Å²) in [7, 11) is 0. The van der Waals surface area contributed by atoms with Crippen molar-refractivity contribution in [3.63, 3.8) is 0 Å². The molecule has 11 aromatic rings. The molecule has 0 amide bonds. The molecule has 0 aliphatic heterocycles. The molecule has 0 fully saturated rings. The summed E-state index contributed by atoms with van der Waals surface area (Å²) in [6.07, 6.45) is 0. The molecule has 0 atom stereocenters. The molecule has 2 aromatic heterocycles. The van der Waals surface area contributed by atoms with Crippen LogP contribution in [0.4, 0.5) is 0 Å². The van der Waals surface area contributed by atoms with Crippen LogP contribution >= 0.6 is 15.9 Å². The first-order valence-electron chi connectivity index (χ1n) is 19.4. The van der Waals surface area contributed by atoms with Crippen molar-refractivity contribution >= 4 is 59.5 Å². The Kier molecular flexibility index (Phi) is 8.01. The maximum Gasteiger partial charge on any atom is 0.0541 e. The lowest BCUT2D eigenvalue weighted by molar-refractivity contribution is 1.18. The van der Waals surface area contributed by atoms with Crippen molar-refractivity contribution in [3.05, 3.63) is 217 Å². The number of para-hydroxylation sites is 4. The van der Waals surface area contributed by atoms with Crippen LogP contribution in [0.25, 0.3) is 99.5 Å². The molecule has 9 aromatic carbocycles. The molecular formula is C54H35BrN2. The highest BCUT2D eigenvalue weighted by Gasteiger charge is 2.17. The third kappa shape index (κ3) is 5.78. The van der Waals surface area contributed by atoms with Gasteiger partial charge in [-0.2, -0.15) is 0 Å². The molecule has 0 unspecified atom stereocenters. The van der Waals surface area contributed by atoms with Gasteiger partial charge in [-0.25, -0.2) is 0 Å². The van der Waals surface area contributed by atoms with Gasteiger partial charge in [0.05, 0.1) is 22.1 Å². The zero-order valence-corrected chi connectivity index (χ0v) is 32.6. The van der Waals surface area contributed by atoms with E-state index in [1.54, 1.807) is 0 Å². The average molecular weight is 792 g/mol. The van der Waals surface area contributed by atoms with Crippen molar-refractivity contribution in [1.82, 2.24) is 9.13 Å². The highest BCUT2D eigenvalue weighted by atomic mass is 79.9. The van der Waals surface area contributed by atoms with Gasteiger partial charge in [0, 0.05) is 37.4 Å². The van der Waals surface area contributed by atoms with Crippen molar-refractivity contribution < 1.29 is 0 Å². The van der Waals surface area contributed by atoms with Gasteiger partial charge in [-0.3, -0.25) is 0 Å². The maximum absolute atomic E-state index is 3.87. The summed E-state index contributed by atoms with van der Waals surface area (Å²) in [5.74, 6) is 0. The van der Waals surface area contributed by atoms with E-state index in [0.29, 0.717) is 0 Å². The monoisotopic (exact) mass is 790 g/mol. The second-order valence-corrected chi connectivity index (χ2v) is 15.6. The fourth-order valence-electron chi connectivity index (χ4n) is 8.70. The molecule has 0 radical (unpaired) electrons. The van der Waals surface area contributed by atoms with Crippen molar-refractivity contribution in [2.45, 2.75) is 0 Å². The first-order valence-corrected chi connectivity index (χ1v) is 20.2. The zero-order valence-electron chi connectivity index (χ0n) is 31.0. The van der Waals surface area contributed by atoms with Gasteiger partial charge in [-0.15, -0.1) is 0 Å². The van der Waals surface area contributed by atoms with E-state index in [1.165, 1.54) is 82.6 Å². The van der Waals surface area contributed by atoms with Crippen LogP contribution in [0.1, 0.15) is 0 Å². The Morgan fingerprint density at radius 1 is 0.246 bits per heavy atom. The van der Waals surface area contributed by atoms with Crippen LogP contribution in [-0.4, -0.2) is 9.13 Å². The molecular weight excluding hydrogens is 757 g/mol. The number of fused-ring (bicyclic) bond motifs is 6. The number of rotatable bonds is 6. The summed E-state index contributed by atoms with van der Waals surface area (Å²) in [6, 6.07) is 77.2. The predicted octanol–water partition coefficient (Wildman–Crippen LogP) is 15.3. The van der Waals surface area contributed by atoms with Crippen molar-refractivity contribution in [2.75, 3.05) is 0 Å². The van der Waals surface area contributed by atoms with Gasteiger partial charge >= 0.3 is 0 Å². The van der Waals surface area contributed by atoms with E-state index in [-0.39, 0.29) is 0 Å². The van der Waals surface area contributed by atoms with E-state index in [2.05, 4.69) is 237 Å². The Hall–Kier alpha value is -6.94. The lowest BCUT2D eigenvalue weighted by atomic mass is 9.91. The van der Waals surface area contributed by atoms with Crippen molar-refractivity contribution in [3.8, 4) is 55.9 Å². The number of halogens is 1. The predicted molar refractivity (Wildman–Crippen MR) is 245 cm³/mol. The van der Waals surface area contributed by atoms with Crippen LogP contribution < -0.4 is 0 Å². The van der Waals surface area contributed by atoms with Crippen LogP contribution in [0.15, 0.2) is 217 Å². The molecule has 0 saturated carbocycles. The van der Waals surface area contributed by atoms with E-state index < -0.39 is 0 Å². The summed E-state index contributed by atoms with van der Waals surface area (Å²) < 4.78 is 5.81. The number of nitrogens with zero attached hydrogens (tertiary/aromatic N) is 2. The van der Waals surface area contributed by atoms with Gasteiger partial charge in [0.1, 0.15) is 0 Å². The topological polar surface area (TPSA) is 9.86 Å². The zero-order chi connectivity index (χ0) is 37.9. The Balaban J connectivity index is 1.14. The molecule has 0 spiro atoms. The highest BCUT2D eigenvalue weighted by molar-refractivity contribution is 9.10. The Bertz CT molecular complexity index is 3110.